The Balaban J connectivity index is 1.28. The molecule has 192 valence electrons. The van der Waals surface area contributed by atoms with E-state index in [4.69, 9.17) is 14.2 Å². The molecule has 36 heavy (non-hydrogen) atoms. The molecule has 2 heterocycles. The zero-order chi connectivity index (χ0) is 25.3. The fourth-order valence-corrected chi connectivity index (χ4v) is 4.67. The van der Waals surface area contributed by atoms with Crippen LogP contribution in [0.3, 0.4) is 0 Å². The first-order valence-electron chi connectivity index (χ1n) is 12.6. The lowest BCUT2D eigenvalue weighted by molar-refractivity contribution is -0.124. The number of hydrogen-bond donors (Lipinski definition) is 1. The molecule has 1 fully saturated rings. The summed E-state index contributed by atoms with van der Waals surface area (Å²) in [5.74, 6) is 2.14. The Morgan fingerprint density at radius 3 is 2.53 bits per heavy atom. The lowest BCUT2D eigenvalue weighted by atomic mass is 9.99. The minimum atomic E-state index is -0.621. The average molecular weight is 493 g/mol. The Morgan fingerprint density at radius 2 is 1.81 bits per heavy atom. The summed E-state index contributed by atoms with van der Waals surface area (Å²) in [7, 11) is 3.28. The molecule has 2 aromatic carbocycles. The van der Waals surface area contributed by atoms with Crippen LogP contribution in [0.5, 0.6) is 17.2 Å². The third kappa shape index (κ3) is 6.68. The van der Waals surface area contributed by atoms with Crippen molar-refractivity contribution >= 4 is 17.6 Å². The molecule has 1 N–H and O–H groups in total. The first-order chi connectivity index (χ1) is 17.6. The molecule has 2 aromatic rings. The molecule has 1 amide bonds. The summed E-state index contributed by atoms with van der Waals surface area (Å²) in [5, 5.41) is 10.6. The van der Waals surface area contributed by atoms with Crippen LogP contribution >= 0.6 is 0 Å². The van der Waals surface area contributed by atoms with E-state index in [1.54, 1.807) is 26.4 Å². The van der Waals surface area contributed by atoms with E-state index in [0.717, 1.165) is 68.1 Å². The molecule has 1 unspecified atom stereocenters. The van der Waals surface area contributed by atoms with E-state index in [1.807, 2.05) is 41.3 Å². The van der Waals surface area contributed by atoms with Crippen molar-refractivity contribution in [2.75, 3.05) is 53.6 Å². The average Bonchev–Trinajstić information content (AvgIpc) is 3.46. The minimum Gasteiger partial charge on any atom is -0.493 e. The summed E-state index contributed by atoms with van der Waals surface area (Å²) in [6.45, 7) is 3.99. The number of amides is 1. The van der Waals surface area contributed by atoms with Crippen molar-refractivity contribution in [2.45, 2.75) is 25.4 Å². The van der Waals surface area contributed by atoms with Gasteiger partial charge in [-0.1, -0.05) is 30.3 Å². The molecule has 4 rings (SSSR count). The van der Waals surface area contributed by atoms with E-state index < -0.39 is 6.10 Å². The monoisotopic (exact) mass is 492 g/mol. The van der Waals surface area contributed by atoms with E-state index in [2.05, 4.69) is 17.0 Å². The first kappa shape index (κ1) is 25.8. The molecule has 1 saturated heterocycles. The smallest absolute Gasteiger partial charge is 0.246 e. The van der Waals surface area contributed by atoms with Crippen LogP contribution in [-0.4, -0.2) is 80.5 Å². The molecular formula is C29H36N2O5. The van der Waals surface area contributed by atoms with Crippen molar-refractivity contribution in [2.24, 2.45) is 0 Å². The minimum absolute atomic E-state index is 0.0351. The fraction of sp³-hybridized carbons (Fsp3) is 0.414. The Labute approximate surface area is 213 Å². The number of β-amino-alcohol motifs (C(OH)–C–C–N with tert-alkyl or cyclic N) is 1. The maximum absolute atomic E-state index is 12.3. The normalized spacial score (nSPS) is 17.2. The second-order valence-electron chi connectivity index (χ2n) is 9.18. The zero-order valence-electron chi connectivity index (χ0n) is 21.2. The molecule has 1 atom stereocenters. The van der Waals surface area contributed by atoms with Crippen molar-refractivity contribution in [3.63, 3.8) is 0 Å². The SMILES string of the molecule is COc1ccc(C2=CCN(CC(O)COc3ccccc3C=CC(=O)N3CCCC3)CC2)cc1OC. The van der Waals surface area contributed by atoms with Crippen LogP contribution in [-0.2, 0) is 4.79 Å². The number of carbonyl (C=O) groups excluding carboxylic acids is 1. The fourth-order valence-electron chi connectivity index (χ4n) is 4.67. The summed E-state index contributed by atoms with van der Waals surface area (Å²) in [4.78, 5) is 16.4. The van der Waals surface area contributed by atoms with E-state index in [1.165, 1.54) is 5.57 Å². The second kappa shape index (κ2) is 12.6. The number of aliphatic hydroxyl groups is 1. The number of carbonyl (C=O) groups is 1. The predicted molar refractivity (Wildman–Crippen MR) is 141 cm³/mol. The number of benzene rings is 2. The first-order valence-corrected chi connectivity index (χ1v) is 12.6. The summed E-state index contributed by atoms with van der Waals surface area (Å²) in [6.07, 6.45) is 8.03. The molecule has 7 heteroatoms. The van der Waals surface area contributed by atoms with E-state index in [9.17, 15) is 9.90 Å². The number of rotatable bonds is 10. The summed E-state index contributed by atoms with van der Waals surface area (Å²) < 4.78 is 16.7. The van der Waals surface area contributed by atoms with Gasteiger partial charge >= 0.3 is 0 Å². The standard InChI is InChI=1S/C29H36N2O5/c1-34-27-11-9-24(19-28(27)35-2)22-13-17-30(18-14-22)20-25(32)21-36-26-8-4-3-7-23(26)10-12-29(33)31-15-5-6-16-31/h3-4,7-13,19,25,32H,5-6,14-18,20-21H2,1-2H3. The summed E-state index contributed by atoms with van der Waals surface area (Å²) in [5.41, 5.74) is 3.23. The van der Waals surface area contributed by atoms with Crippen molar-refractivity contribution < 1.29 is 24.1 Å². The molecule has 2 aliphatic rings. The van der Waals surface area contributed by atoms with Crippen LogP contribution < -0.4 is 14.2 Å². The van der Waals surface area contributed by atoms with Gasteiger partial charge in [-0.05, 0) is 54.7 Å². The van der Waals surface area contributed by atoms with Crippen molar-refractivity contribution in [1.82, 2.24) is 9.80 Å². The highest BCUT2D eigenvalue weighted by molar-refractivity contribution is 5.92. The third-order valence-electron chi connectivity index (χ3n) is 6.69. The van der Waals surface area contributed by atoms with E-state index in [0.29, 0.717) is 12.3 Å². The molecule has 7 nitrogen and oxygen atoms in total. The molecule has 0 bridgehead atoms. The molecule has 0 saturated carbocycles. The molecule has 0 spiro atoms. The number of nitrogens with zero attached hydrogens (tertiary/aromatic N) is 2. The predicted octanol–water partition coefficient (Wildman–Crippen LogP) is 3.87. The maximum Gasteiger partial charge on any atom is 0.246 e. The van der Waals surface area contributed by atoms with Crippen LogP contribution in [0.1, 0.15) is 30.4 Å². The highest BCUT2D eigenvalue weighted by Crippen LogP contribution is 2.32. The molecule has 2 aliphatic heterocycles. The van der Waals surface area contributed by atoms with Gasteiger partial charge in [-0.15, -0.1) is 0 Å². The van der Waals surface area contributed by atoms with Crippen LogP contribution in [0.15, 0.2) is 54.6 Å². The van der Waals surface area contributed by atoms with Crippen LogP contribution in [0.2, 0.25) is 0 Å². The Kier molecular flexibility index (Phi) is 9.03. The van der Waals surface area contributed by atoms with Gasteiger partial charge in [0.25, 0.3) is 0 Å². The molecule has 0 aliphatic carbocycles. The highest BCUT2D eigenvalue weighted by atomic mass is 16.5. The number of para-hydroxylation sites is 1. The van der Waals surface area contributed by atoms with Gasteiger partial charge in [-0.2, -0.15) is 0 Å². The van der Waals surface area contributed by atoms with Gasteiger partial charge in [-0.3, -0.25) is 9.69 Å². The number of aliphatic hydroxyl groups excluding tert-OH is 1. The number of hydrogen-bond acceptors (Lipinski definition) is 6. The lowest BCUT2D eigenvalue weighted by Crippen LogP contribution is -2.38. The maximum atomic E-state index is 12.3. The van der Waals surface area contributed by atoms with Crippen molar-refractivity contribution in [3.05, 3.63) is 65.7 Å². The largest absolute Gasteiger partial charge is 0.493 e. The molecular weight excluding hydrogens is 456 g/mol. The molecule has 0 radical (unpaired) electrons. The Hall–Kier alpha value is -3.29. The van der Waals surface area contributed by atoms with E-state index in [-0.39, 0.29) is 12.5 Å². The van der Waals surface area contributed by atoms with Gasteiger partial charge in [-0.25, -0.2) is 0 Å². The lowest BCUT2D eigenvalue weighted by Gasteiger charge is -2.28. The van der Waals surface area contributed by atoms with Crippen LogP contribution in [0, 0.1) is 0 Å². The zero-order valence-corrected chi connectivity index (χ0v) is 21.2. The van der Waals surface area contributed by atoms with Gasteiger partial charge in [0, 0.05) is 44.4 Å². The second-order valence-corrected chi connectivity index (χ2v) is 9.18. The summed E-state index contributed by atoms with van der Waals surface area (Å²) in [6, 6.07) is 13.6. The van der Waals surface area contributed by atoms with Crippen LogP contribution in [0.25, 0.3) is 11.6 Å². The van der Waals surface area contributed by atoms with Gasteiger partial charge in [0.05, 0.1) is 14.2 Å². The number of methoxy groups -OCH3 is 2. The molecule has 0 aromatic heterocycles. The van der Waals surface area contributed by atoms with Gasteiger partial charge in [0.2, 0.25) is 5.91 Å². The Bertz CT molecular complexity index is 1090. The van der Waals surface area contributed by atoms with Gasteiger partial charge in [0.15, 0.2) is 11.5 Å². The van der Waals surface area contributed by atoms with Crippen molar-refractivity contribution in [1.29, 1.82) is 0 Å². The highest BCUT2D eigenvalue weighted by Gasteiger charge is 2.18. The number of likely N-dealkylation sites (tertiary alicyclic amines) is 1. The topological polar surface area (TPSA) is 71.5 Å². The Morgan fingerprint density at radius 1 is 1.03 bits per heavy atom. The number of ether oxygens (including phenoxy) is 3. The third-order valence-corrected chi connectivity index (χ3v) is 6.69. The van der Waals surface area contributed by atoms with Crippen molar-refractivity contribution in [3.8, 4) is 17.2 Å². The van der Waals surface area contributed by atoms with Crippen LogP contribution in [0.4, 0.5) is 0 Å². The van der Waals surface area contributed by atoms with Gasteiger partial charge < -0.3 is 24.2 Å². The quantitative estimate of drug-likeness (QED) is 0.508. The van der Waals surface area contributed by atoms with Gasteiger partial charge in [0.1, 0.15) is 18.5 Å². The van der Waals surface area contributed by atoms with E-state index >= 15 is 0 Å². The summed E-state index contributed by atoms with van der Waals surface area (Å²) >= 11 is 0.